The highest BCUT2D eigenvalue weighted by molar-refractivity contribution is 7.17. The first-order valence-electron chi connectivity index (χ1n) is 8.93. The van der Waals surface area contributed by atoms with Crippen LogP contribution in [0.25, 0.3) is 10.9 Å². The van der Waals surface area contributed by atoms with Crippen LogP contribution in [-0.4, -0.2) is 34.0 Å². The fourth-order valence-corrected chi connectivity index (χ4v) is 4.69. The first kappa shape index (κ1) is 18.3. The van der Waals surface area contributed by atoms with Crippen molar-refractivity contribution in [2.75, 3.05) is 12.4 Å². The van der Waals surface area contributed by atoms with Crippen LogP contribution >= 0.6 is 11.3 Å². The minimum Gasteiger partial charge on any atom is -0.465 e. The number of benzene rings is 1. The van der Waals surface area contributed by atoms with Crippen molar-refractivity contribution >= 4 is 39.1 Å². The Morgan fingerprint density at radius 3 is 2.86 bits per heavy atom. The second kappa shape index (κ2) is 7.51. The zero-order chi connectivity index (χ0) is 19.7. The molecule has 1 N–H and O–H groups in total. The van der Waals surface area contributed by atoms with E-state index >= 15 is 0 Å². The molecule has 4 rings (SSSR count). The van der Waals surface area contributed by atoms with Crippen molar-refractivity contribution in [1.29, 1.82) is 0 Å². The van der Waals surface area contributed by atoms with Crippen molar-refractivity contribution in [1.82, 2.24) is 15.0 Å². The maximum atomic E-state index is 12.6. The number of thiophene rings is 1. The number of aryl methyl sites for hydroxylation is 1. The molecule has 0 bridgehead atoms. The number of fused-ring (bicyclic) bond motifs is 2. The van der Waals surface area contributed by atoms with Crippen LogP contribution < -0.4 is 10.9 Å². The predicted octanol–water partition coefficient (Wildman–Crippen LogP) is 2.16. The molecule has 0 saturated carbocycles. The molecule has 0 fully saturated rings. The summed E-state index contributed by atoms with van der Waals surface area (Å²) in [4.78, 5) is 38.4. The van der Waals surface area contributed by atoms with Gasteiger partial charge in [0.1, 0.15) is 17.1 Å². The van der Waals surface area contributed by atoms with Crippen molar-refractivity contribution in [3.8, 4) is 0 Å². The van der Waals surface area contributed by atoms with E-state index < -0.39 is 11.9 Å². The minimum absolute atomic E-state index is 0.292. The van der Waals surface area contributed by atoms with Gasteiger partial charge in [0.2, 0.25) is 5.91 Å². The lowest BCUT2D eigenvalue weighted by Crippen LogP contribution is -2.30. The molecule has 8 nitrogen and oxygen atoms in total. The summed E-state index contributed by atoms with van der Waals surface area (Å²) in [6.45, 7) is -0.292. The van der Waals surface area contributed by atoms with E-state index in [-0.39, 0.29) is 12.1 Å². The number of methoxy groups -OCH3 is 1. The molecule has 0 unspecified atom stereocenters. The molecule has 1 aliphatic carbocycles. The Hall–Kier alpha value is -3.07. The molecule has 9 heteroatoms. The van der Waals surface area contributed by atoms with Gasteiger partial charge in [-0.25, -0.2) is 9.48 Å². The number of ether oxygens (including phenoxy) is 1. The van der Waals surface area contributed by atoms with Gasteiger partial charge in [0.05, 0.1) is 18.1 Å². The average Bonchev–Trinajstić information content (AvgIpc) is 3.07. The highest BCUT2D eigenvalue weighted by Gasteiger charge is 2.27. The van der Waals surface area contributed by atoms with Gasteiger partial charge in [-0.05, 0) is 43.4 Å². The molecule has 1 aliphatic rings. The van der Waals surface area contributed by atoms with Crippen LogP contribution in [0, 0.1) is 0 Å². The summed E-state index contributed by atoms with van der Waals surface area (Å²) in [6, 6.07) is 6.82. The van der Waals surface area contributed by atoms with Gasteiger partial charge in [0, 0.05) is 4.88 Å². The van der Waals surface area contributed by atoms with Gasteiger partial charge in [0.25, 0.3) is 5.56 Å². The largest absolute Gasteiger partial charge is 0.465 e. The van der Waals surface area contributed by atoms with Crippen LogP contribution in [0.2, 0.25) is 0 Å². The van der Waals surface area contributed by atoms with E-state index in [1.54, 1.807) is 24.3 Å². The number of rotatable bonds is 4. The number of amides is 1. The van der Waals surface area contributed by atoms with Crippen molar-refractivity contribution in [3.63, 3.8) is 0 Å². The van der Waals surface area contributed by atoms with E-state index in [9.17, 15) is 14.4 Å². The predicted molar refractivity (Wildman–Crippen MR) is 105 cm³/mol. The topological polar surface area (TPSA) is 103 Å². The maximum Gasteiger partial charge on any atom is 0.341 e. The zero-order valence-corrected chi connectivity index (χ0v) is 16.0. The fraction of sp³-hybridized carbons (Fsp3) is 0.316. The quantitative estimate of drug-likeness (QED) is 0.676. The summed E-state index contributed by atoms with van der Waals surface area (Å²) < 4.78 is 5.92. The lowest BCUT2D eigenvalue weighted by Gasteiger charge is -2.11. The van der Waals surface area contributed by atoms with Gasteiger partial charge in [0.15, 0.2) is 0 Å². The highest BCUT2D eigenvalue weighted by atomic mass is 32.1. The Labute approximate surface area is 164 Å². The summed E-state index contributed by atoms with van der Waals surface area (Å²) >= 11 is 1.40. The molecule has 0 spiro atoms. The summed E-state index contributed by atoms with van der Waals surface area (Å²) in [7, 11) is 1.32. The van der Waals surface area contributed by atoms with Gasteiger partial charge in [-0.2, -0.15) is 0 Å². The third kappa shape index (κ3) is 3.29. The summed E-state index contributed by atoms with van der Waals surface area (Å²) in [5.74, 6) is -0.909. The number of nitrogens with zero attached hydrogens (tertiary/aromatic N) is 3. The monoisotopic (exact) mass is 398 g/mol. The van der Waals surface area contributed by atoms with Crippen molar-refractivity contribution < 1.29 is 14.3 Å². The molecule has 0 atom stereocenters. The maximum absolute atomic E-state index is 12.6. The molecule has 1 amide bonds. The molecule has 28 heavy (non-hydrogen) atoms. The Balaban J connectivity index is 1.61. The van der Waals surface area contributed by atoms with Crippen LogP contribution in [0.3, 0.4) is 0 Å². The van der Waals surface area contributed by atoms with Crippen molar-refractivity contribution in [2.45, 2.75) is 32.2 Å². The molecule has 0 radical (unpaired) electrons. The van der Waals surface area contributed by atoms with E-state index in [0.717, 1.165) is 40.8 Å². The van der Waals surface area contributed by atoms with E-state index in [2.05, 4.69) is 15.6 Å². The lowest BCUT2D eigenvalue weighted by molar-refractivity contribution is -0.117. The standard InChI is InChI=1S/C19H18N4O4S/c1-27-19(26)16-12-7-3-5-9-14(12)28-17(16)20-15(24)10-23-18(25)11-6-2-4-8-13(11)21-22-23/h2,4,6,8H,3,5,7,9-10H2,1H3,(H,20,24). The van der Waals surface area contributed by atoms with Gasteiger partial charge < -0.3 is 10.1 Å². The molecule has 0 saturated heterocycles. The number of aromatic nitrogens is 3. The molecule has 2 aromatic heterocycles. The summed E-state index contributed by atoms with van der Waals surface area (Å²) in [5, 5.41) is 11.4. The average molecular weight is 398 g/mol. The van der Waals surface area contributed by atoms with Crippen LogP contribution in [-0.2, 0) is 28.9 Å². The first-order chi connectivity index (χ1) is 13.6. The van der Waals surface area contributed by atoms with E-state index in [1.807, 2.05) is 0 Å². The number of esters is 1. The Bertz CT molecular complexity index is 1130. The Morgan fingerprint density at radius 1 is 1.25 bits per heavy atom. The Morgan fingerprint density at radius 2 is 2.04 bits per heavy atom. The minimum atomic E-state index is -0.461. The van der Waals surface area contributed by atoms with Gasteiger partial charge in [-0.1, -0.05) is 17.3 Å². The molecule has 144 valence electrons. The molecule has 1 aromatic carbocycles. The van der Waals surface area contributed by atoms with Crippen molar-refractivity contribution in [3.05, 3.63) is 50.6 Å². The normalized spacial score (nSPS) is 13.2. The van der Waals surface area contributed by atoms with E-state index in [4.69, 9.17) is 4.74 Å². The van der Waals surface area contributed by atoms with Gasteiger partial charge >= 0.3 is 5.97 Å². The molecular formula is C19H18N4O4S. The number of hydrogen-bond acceptors (Lipinski definition) is 7. The zero-order valence-electron chi connectivity index (χ0n) is 15.2. The molecule has 2 heterocycles. The van der Waals surface area contributed by atoms with E-state index in [0.29, 0.717) is 21.5 Å². The van der Waals surface area contributed by atoms with E-state index in [1.165, 1.54) is 18.4 Å². The van der Waals surface area contributed by atoms with Gasteiger partial charge in [-0.15, -0.1) is 16.4 Å². The highest BCUT2D eigenvalue weighted by Crippen LogP contribution is 2.38. The number of nitrogens with one attached hydrogen (secondary N) is 1. The number of anilines is 1. The van der Waals surface area contributed by atoms with Crippen LogP contribution in [0.5, 0.6) is 0 Å². The first-order valence-corrected chi connectivity index (χ1v) is 9.75. The van der Waals surface area contributed by atoms with Crippen LogP contribution in [0.1, 0.15) is 33.6 Å². The molecule has 3 aromatic rings. The fourth-order valence-electron chi connectivity index (χ4n) is 3.40. The summed E-state index contributed by atoms with van der Waals surface area (Å²) in [5.41, 5.74) is 1.47. The number of hydrogen-bond donors (Lipinski definition) is 1. The SMILES string of the molecule is COC(=O)c1c(NC(=O)Cn2nnc3ccccc3c2=O)sc2c1CCCC2. The van der Waals surface area contributed by atoms with Crippen LogP contribution in [0.4, 0.5) is 5.00 Å². The van der Waals surface area contributed by atoms with Gasteiger partial charge in [-0.3, -0.25) is 9.59 Å². The van der Waals surface area contributed by atoms with Crippen molar-refractivity contribution in [2.24, 2.45) is 0 Å². The second-order valence-electron chi connectivity index (χ2n) is 6.52. The summed E-state index contributed by atoms with van der Waals surface area (Å²) in [6.07, 6.45) is 3.74. The lowest BCUT2D eigenvalue weighted by atomic mass is 9.95. The smallest absolute Gasteiger partial charge is 0.341 e. The van der Waals surface area contributed by atoms with Crippen LogP contribution in [0.15, 0.2) is 29.1 Å². The molecule has 0 aliphatic heterocycles. The number of carbonyl (C=O) groups is 2. The molecular weight excluding hydrogens is 380 g/mol. The third-order valence-corrected chi connectivity index (χ3v) is 5.94. The Kier molecular flexibility index (Phi) is 4.91. The second-order valence-corrected chi connectivity index (χ2v) is 7.63. The third-order valence-electron chi connectivity index (χ3n) is 4.74. The number of carbonyl (C=O) groups excluding carboxylic acids is 2.